The summed E-state index contributed by atoms with van der Waals surface area (Å²) < 4.78 is 4.46. The molecule has 0 saturated carbocycles. The van der Waals surface area contributed by atoms with Crippen LogP contribution >= 0.6 is 0 Å². The van der Waals surface area contributed by atoms with Crippen molar-refractivity contribution in [2.75, 3.05) is 33.2 Å². The predicted molar refractivity (Wildman–Crippen MR) is 97.9 cm³/mol. The Kier molecular flexibility index (Phi) is 5.39. The van der Waals surface area contributed by atoms with Gasteiger partial charge in [-0.3, -0.25) is 13.9 Å². The monoisotopic (exact) mass is 348 g/mol. The van der Waals surface area contributed by atoms with Crippen molar-refractivity contribution in [3.63, 3.8) is 0 Å². The van der Waals surface area contributed by atoms with Gasteiger partial charge in [0.15, 0.2) is 11.2 Å². The van der Waals surface area contributed by atoms with Crippen LogP contribution in [0.25, 0.3) is 11.2 Å². The van der Waals surface area contributed by atoms with Crippen molar-refractivity contribution in [1.82, 2.24) is 28.9 Å². The Hall–Kier alpha value is -1.93. The maximum absolute atomic E-state index is 12.4. The van der Waals surface area contributed by atoms with E-state index < -0.39 is 0 Å². The van der Waals surface area contributed by atoms with Gasteiger partial charge in [0.2, 0.25) is 0 Å². The summed E-state index contributed by atoms with van der Waals surface area (Å²) in [6, 6.07) is 0. The van der Waals surface area contributed by atoms with Crippen LogP contribution < -0.4 is 16.6 Å². The lowest BCUT2D eigenvalue weighted by molar-refractivity contribution is 0.174. The SMILES string of the molecule is CNCCC1CCN(CCn2cnc3c2c(=O)n(C)c(=O)n3C)CC1. The molecule has 25 heavy (non-hydrogen) atoms. The van der Waals surface area contributed by atoms with Crippen LogP contribution in [0.3, 0.4) is 0 Å². The number of hydrogen-bond acceptors (Lipinski definition) is 5. The van der Waals surface area contributed by atoms with Gasteiger partial charge in [-0.2, -0.15) is 0 Å². The van der Waals surface area contributed by atoms with Crippen molar-refractivity contribution in [2.45, 2.75) is 25.8 Å². The zero-order valence-corrected chi connectivity index (χ0v) is 15.4. The third-order valence-electron chi connectivity index (χ3n) is 5.38. The molecule has 0 spiro atoms. The summed E-state index contributed by atoms with van der Waals surface area (Å²) in [6.45, 7) is 4.92. The van der Waals surface area contributed by atoms with Crippen molar-refractivity contribution in [1.29, 1.82) is 0 Å². The number of aromatic nitrogens is 4. The Morgan fingerprint density at radius 2 is 1.88 bits per heavy atom. The highest BCUT2D eigenvalue weighted by molar-refractivity contribution is 5.69. The summed E-state index contributed by atoms with van der Waals surface area (Å²) >= 11 is 0. The third kappa shape index (κ3) is 3.55. The highest BCUT2D eigenvalue weighted by Crippen LogP contribution is 2.20. The second-order valence-electron chi connectivity index (χ2n) is 6.99. The molecule has 0 aliphatic carbocycles. The summed E-state index contributed by atoms with van der Waals surface area (Å²) in [4.78, 5) is 31.2. The minimum absolute atomic E-state index is 0.277. The molecule has 3 rings (SSSR count). The number of nitrogens with zero attached hydrogens (tertiary/aromatic N) is 5. The highest BCUT2D eigenvalue weighted by Gasteiger charge is 2.19. The molecule has 2 aromatic rings. The standard InChI is InChI=1S/C17H28N6O2/c1-18-7-4-13-5-8-22(9-6-13)10-11-23-12-19-15-14(23)16(24)21(3)17(25)20(15)2/h12-13,18H,4-11H2,1-3H3. The molecule has 0 bridgehead atoms. The Bertz CT molecular complexity index is 841. The van der Waals surface area contributed by atoms with Crippen molar-refractivity contribution in [2.24, 2.45) is 20.0 Å². The predicted octanol–water partition coefficient (Wildman–Crippen LogP) is -0.245. The van der Waals surface area contributed by atoms with Crippen molar-refractivity contribution in [3.05, 3.63) is 27.2 Å². The molecule has 8 nitrogen and oxygen atoms in total. The number of piperidine rings is 1. The van der Waals surface area contributed by atoms with Crippen LogP contribution in [0.5, 0.6) is 0 Å². The fourth-order valence-electron chi connectivity index (χ4n) is 3.66. The molecule has 0 atom stereocenters. The molecule has 0 amide bonds. The van der Waals surface area contributed by atoms with E-state index in [0.29, 0.717) is 17.7 Å². The summed E-state index contributed by atoms with van der Waals surface area (Å²) in [7, 11) is 5.17. The van der Waals surface area contributed by atoms with Crippen LogP contribution in [0.15, 0.2) is 15.9 Å². The van der Waals surface area contributed by atoms with E-state index in [-0.39, 0.29) is 11.2 Å². The lowest BCUT2D eigenvalue weighted by Crippen LogP contribution is -2.38. The summed E-state index contributed by atoms with van der Waals surface area (Å²) in [5.74, 6) is 0.819. The van der Waals surface area contributed by atoms with E-state index in [1.165, 1.54) is 30.9 Å². The summed E-state index contributed by atoms with van der Waals surface area (Å²) in [6.07, 6.45) is 5.40. The van der Waals surface area contributed by atoms with Gasteiger partial charge in [0.25, 0.3) is 5.56 Å². The number of aryl methyl sites for hydroxylation is 1. The molecule has 1 aliphatic rings. The first-order valence-corrected chi connectivity index (χ1v) is 9.00. The van der Waals surface area contributed by atoms with Crippen molar-refractivity contribution in [3.8, 4) is 0 Å². The number of likely N-dealkylation sites (tertiary alicyclic amines) is 1. The second-order valence-corrected chi connectivity index (χ2v) is 6.99. The first-order valence-electron chi connectivity index (χ1n) is 9.00. The summed E-state index contributed by atoms with van der Waals surface area (Å²) in [5.41, 5.74) is 0.347. The van der Waals surface area contributed by atoms with Crippen LogP contribution in [-0.2, 0) is 20.6 Å². The molecule has 0 radical (unpaired) electrons. The minimum atomic E-state index is -0.341. The fourth-order valence-corrected chi connectivity index (χ4v) is 3.66. The molecule has 1 N–H and O–H groups in total. The number of rotatable bonds is 6. The Morgan fingerprint density at radius 3 is 2.56 bits per heavy atom. The van der Waals surface area contributed by atoms with Crippen LogP contribution in [0, 0.1) is 5.92 Å². The number of imidazole rings is 1. The average molecular weight is 348 g/mol. The first kappa shape index (κ1) is 17.9. The Morgan fingerprint density at radius 1 is 1.16 bits per heavy atom. The maximum atomic E-state index is 12.4. The van der Waals surface area contributed by atoms with E-state index in [2.05, 4.69) is 15.2 Å². The molecule has 0 aromatic carbocycles. The molecule has 138 valence electrons. The van der Waals surface area contributed by atoms with Crippen LogP contribution in [0.1, 0.15) is 19.3 Å². The van der Waals surface area contributed by atoms with Gasteiger partial charge in [-0.15, -0.1) is 0 Å². The fraction of sp³-hybridized carbons (Fsp3) is 0.706. The molecule has 1 fully saturated rings. The van der Waals surface area contributed by atoms with E-state index in [0.717, 1.165) is 36.7 Å². The van der Waals surface area contributed by atoms with Crippen molar-refractivity contribution >= 4 is 11.2 Å². The smallest absolute Gasteiger partial charge is 0.323 e. The molecular weight excluding hydrogens is 320 g/mol. The van der Waals surface area contributed by atoms with Gasteiger partial charge in [-0.05, 0) is 51.9 Å². The van der Waals surface area contributed by atoms with Crippen LogP contribution in [-0.4, -0.2) is 56.8 Å². The third-order valence-corrected chi connectivity index (χ3v) is 5.38. The maximum Gasteiger partial charge on any atom is 0.332 e. The van der Waals surface area contributed by atoms with E-state index in [1.807, 2.05) is 11.6 Å². The van der Waals surface area contributed by atoms with E-state index in [4.69, 9.17) is 0 Å². The zero-order chi connectivity index (χ0) is 18.0. The van der Waals surface area contributed by atoms with Gasteiger partial charge in [0.1, 0.15) is 0 Å². The first-order chi connectivity index (χ1) is 12.0. The largest absolute Gasteiger partial charge is 0.332 e. The van der Waals surface area contributed by atoms with Gasteiger partial charge in [-0.1, -0.05) is 0 Å². The topological polar surface area (TPSA) is 77.1 Å². The van der Waals surface area contributed by atoms with Gasteiger partial charge in [0.05, 0.1) is 6.33 Å². The molecule has 0 unspecified atom stereocenters. The molecule has 8 heteroatoms. The number of fused-ring (bicyclic) bond motifs is 1. The molecule has 1 saturated heterocycles. The molecule has 3 heterocycles. The highest BCUT2D eigenvalue weighted by atomic mass is 16.2. The number of nitrogens with one attached hydrogen (secondary N) is 1. The Labute approximate surface area is 147 Å². The summed E-state index contributed by atoms with van der Waals surface area (Å²) in [5, 5.41) is 3.23. The van der Waals surface area contributed by atoms with E-state index in [9.17, 15) is 9.59 Å². The zero-order valence-electron chi connectivity index (χ0n) is 15.4. The molecule has 1 aliphatic heterocycles. The molecular formula is C17H28N6O2. The van der Waals surface area contributed by atoms with Gasteiger partial charge >= 0.3 is 5.69 Å². The van der Waals surface area contributed by atoms with Gasteiger partial charge in [-0.25, -0.2) is 9.78 Å². The van der Waals surface area contributed by atoms with Crippen LogP contribution in [0.2, 0.25) is 0 Å². The second kappa shape index (κ2) is 7.53. The lowest BCUT2D eigenvalue weighted by atomic mass is 9.93. The van der Waals surface area contributed by atoms with Gasteiger partial charge < -0.3 is 14.8 Å². The van der Waals surface area contributed by atoms with Gasteiger partial charge in [0, 0.05) is 27.2 Å². The minimum Gasteiger partial charge on any atom is -0.323 e. The van der Waals surface area contributed by atoms with Crippen LogP contribution in [0.4, 0.5) is 0 Å². The lowest BCUT2D eigenvalue weighted by Gasteiger charge is -2.32. The molecule has 2 aromatic heterocycles. The van der Waals surface area contributed by atoms with E-state index >= 15 is 0 Å². The average Bonchev–Trinajstić information content (AvgIpc) is 3.06. The Balaban J connectivity index is 1.67. The van der Waals surface area contributed by atoms with Crippen molar-refractivity contribution < 1.29 is 0 Å². The number of hydrogen-bond donors (Lipinski definition) is 1. The quantitative estimate of drug-likeness (QED) is 0.779. The normalized spacial score (nSPS) is 16.8. The van der Waals surface area contributed by atoms with E-state index in [1.54, 1.807) is 13.4 Å².